The highest BCUT2D eigenvalue weighted by Crippen LogP contribution is 2.24. The van der Waals surface area contributed by atoms with Gasteiger partial charge in [-0.15, -0.1) is 0 Å². The van der Waals surface area contributed by atoms with E-state index in [9.17, 15) is 13.5 Å². The molecule has 1 saturated heterocycles. The predicted octanol–water partition coefficient (Wildman–Crippen LogP) is 2.29. The van der Waals surface area contributed by atoms with E-state index in [0.717, 1.165) is 22.3 Å². The van der Waals surface area contributed by atoms with Crippen molar-refractivity contribution in [3.8, 4) is 0 Å². The lowest BCUT2D eigenvalue weighted by molar-refractivity contribution is 0.140. The van der Waals surface area contributed by atoms with Crippen LogP contribution in [0.25, 0.3) is 0 Å². The Morgan fingerprint density at radius 2 is 2.29 bits per heavy atom. The lowest BCUT2D eigenvalue weighted by atomic mass is 10.1. The van der Waals surface area contributed by atoms with Crippen molar-refractivity contribution in [2.75, 3.05) is 30.9 Å². The molecule has 0 aliphatic carbocycles. The van der Waals surface area contributed by atoms with Gasteiger partial charge in [0.05, 0.1) is 6.10 Å². The molecule has 2 unspecified atom stereocenters. The van der Waals surface area contributed by atoms with Gasteiger partial charge in [0.25, 0.3) is 0 Å². The molecule has 1 aromatic rings. The Balaban J connectivity index is 1.97. The lowest BCUT2D eigenvalue weighted by Gasteiger charge is -2.34. The van der Waals surface area contributed by atoms with E-state index in [-0.39, 0.29) is 0 Å². The number of thioether (sulfide) groups is 1. The van der Waals surface area contributed by atoms with Crippen LogP contribution in [0.2, 0.25) is 0 Å². The molecule has 2 rings (SSSR count). The largest absolute Gasteiger partial charge is 0.388 e. The maximum Gasteiger partial charge on any atom is 0.164 e. The minimum Gasteiger partial charge on any atom is -0.388 e. The summed E-state index contributed by atoms with van der Waals surface area (Å²) in [6.45, 7) is 1.35. The van der Waals surface area contributed by atoms with Gasteiger partial charge >= 0.3 is 0 Å². The highest BCUT2D eigenvalue weighted by atomic mass is 79.9. The average Bonchev–Trinajstić information content (AvgIpc) is 2.44. The standard InChI is InChI=1S/C14H20BrNO3S2/c1-21(18,19)14-10-20-8-7-16(14)6-5-13(17)11-3-2-4-12(15)9-11/h2-4,9,13-14,17H,5-8,10H2,1H3. The van der Waals surface area contributed by atoms with E-state index in [4.69, 9.17) is 0 Å². The van der Waals surface area contributed by atoms with Crippen LogP contribution in [0.1, 0.15) is 18.1 Å². The van der Waals surface area contributed by atoms with Crippen molar-refractivity contribution in [1.29, 1.82) is 0 Å². The molecule has 1 aromatic carbocycles. The fourth-order valence-electron chi connectivity index (χ4n) is 2.43. The van der Waals surface area contributed by atoms with Crippen molar-refractivity contribution in [2.45, 2.75) is 17.9 Å². The van der Waals surface area contributed by atoms with Gasteiger partial charge in [-0.2, -0.15) is 11.8 Å². The zero-order chi connectivity index (χ0) is 15.5. The molecular weight excluding hydrogens is 374 g/mol. The molecule has 21 heavy (non-hydrogen) atoms. The molecule has 1 fully saturated rings. The Morgan fingerprint density at radius 1 is 1.52 bits per heavy atom. The molecule has 0 bridgehead atoms. The summed E-state index contributed by atoms with van der Waals surface area (Å²) in [5.41, 5.74) is 0.853. The van der Waals surface area contributed by atoms with Gasteiger partial charge in [0, 0.05) is 35.3 Å². The second-order valence-electron chi connectivity index (χ2n) is 5.25. The smallest absolute Gasteiger partial charge is 0.164 e. The minimum absolute atomic E-state index is 0.425. The van der Waals surface area contributed by atoms with E-state index >= 15 is 0 Å². The van der Waals surface area contributed by atoms with Gasteiger partial charge in [0.2, 0.25) is 0 Å². The summed E-state index contributed by atoms with van der Waals surface area (Å²) in [5.74, 6) is 1.56. The average molecular weight is 394 g/mol. The highest BCUT2D eigenvalue weighted by Gasteiger charge is 2.30. The number of benzene rings is 1. The van der Waals surface area contributed by atoms with E-state index < -0.39 is 21.3 Å². The molecule has 4 nitrogen and oxygen atoms in total. The highest BCUT2D eigenvalue weighted by molar-refractivity contribution is 9.10. The maximum atomic E-state index is 11.8. The summed E-state index contributed by atoms with van der Waals surface area (Å²) < 4.78 is 24.6. The predicted molar refractivity (Wildman–Crippen MR) is 91.2 cm³/mol. The first-order valence-corrected chi connectivity index (χ1v) is 10.7. The first kappa shape index (κ1) is 17.3. The number of nitrogens with zero attached hydrogens (tertiary/aromatic N) is 1. The second kappa shape index (κ2) is 7.46. The third-order valence-electron chi connectivity index (χ3n) is 3.61. The van der Waals surface area contributed by atoms with Gasteiger partial charge in [0.1, 0.15) is 5.37 Å². The fraction of sp³-hybridized carbons (Fsp3) is 0.571. The van der Waals surface area contributed by atoms with Gasteiger partial charge < -0.3 is 5.11 Å². The van der Waals surface area contributed by atoms with Gasteiger partial charge in [-0.25, -0.2) is 8.42 Å². The van der Waals surface area contributed by atoms with Crippen molar-refractivity contribution in [3.05, 3.63) is 34.3 Å². The molecule has 0 radical (unpaired) electrons. The summed E-state index contributed by atoms with van der Waals surface area (Å²) in [5, 5.41) is 9.84. The Hall–Kier alpha value is -0.0800. The van der Waals surface area contributed by atoms with Gasteiger partial charge in [-0.3, -0.25) is 4.90 Å². The van der Waals surface area contributed by atoms with E-state index in [2.05, 4.69) is 15.9 Å². The SMILES string of the molecule is CS(=O)(=O)C1CSCCN1CCC(O)c1cccc(Br)c1. The first-order valence-electron chi connectivity index (χ1n) is 6.82. The van der Waals surface area contributed by atoms with Crippen LogP contribution >= 0.6 is 27.7 Å². The number of aliphatic hydroxyl groups excluding tert-OH is 1. The van der Waals surface area contributed by atoms with Crippen molar-refractivity contribution < 1.29 is 13.5 Å². The van der Waals surface area contributed by atoms with Crippen LogP contribution < -0.4 is 0 Å². The summed E-state index contributed by atoms with van der Waals surface area (Å²) >= 11 is 5.07. The van der Waals surface area contributed by atoms with Crippen molar-refractivity contribution in [1.82, 2.24) is 4.90 Å². The van der Waals surface area contributed by atoms with E-state index in [1.165, 1.54) is 6.26 Å². The molecule has 7 heteroatoms. The number of sulfone groups is 1. The Kier molecular flexibility index (Phi) is 6.14. The molecular formula is C14H20BrNO3S2. The van der Waals surface area contributed by atoms with Crippen LogP contribution in [-0.4, -0.2) is 54.6 Å². The third kappa shape index (κ3) is 4.96. The number of halogens is 1. The molecule has 118 valence electrons. The summed E-state index contributed by atoms with van der Waals surface area (Å²) in [6, 6.07) is 7.58. The summed E-state index contributed by atoms with van der Waals surface area (Å²) in [7, 11) is -3.08. The van der Waals surface area contributed by atoms with Crippen molar-refractivity contribution >= 4 is 37.5 Å². The van der Waals surface area contributed by atoms with Gasteiger partial charge in [0.15, 0.2) is 9.84 Å². The summed E-state index contributed by atoms with van der Waals surface area (Å²) in [4.78, 5) is 1.98. The van der Waals surface area contributed by atoms with Crippen LogP contribution in [0.4, 0.5) is 0 Å². The zero-order valence-electron chi connectivity index (χ0n) is 11.9. The third-order valence-corrected chi connectivity index (χ3v) is 6.79. The maximum absolute atomic E-state index is 11.8. The van der Waals surface area contributed by atoms with Crippen molar-refractivity contribution in [3.63, 3.8) is 0 Å². The number of rotatable bonds is 5. The number of aliphatic hydroxyl groups is 1. The minimum atomic E-state index is -3.08. The van der Waals surface area contributed by atoms with Crippen LogP contribution in [-0.2, 0) is 9.84 Å². The molecule has 2 atom stereocenters. The van der Waals surface area contributed by atoms with Crippen LogP contribution in [0.15, 0.2) is 28.7 Å². The quantitative estimate of drug-likeness (QED) is 0.831. The molecule has 0 saturated carbocycles. The van der Waals surface area contributed by atoms with E-state index in [0.29, 0.717) is 18.7 Å². The molecule has 0 aromatic heterocycles. The van der Waals surface area contributed by atoms with Crippen LogP contribution in [0, 0.1) is 0 Å². The normalized spacial score (nSPS) is 22.1. The van der Waals surface area contributed by atoms with E-state index in [1.807, 2.05) is 29.2 Å². The lowest BCUT2D eigenvalue weighted by Crippen LogP contribution is -2.47. The van der Waals surface area contributed by atoms with Crippen LogP contribution in [0.3, 0.4) is 0 Å². The van der Waals surface area contributed by atoms with E-state index in [1.54, 1.807) is 11.8 Å². The van der Waals surface area contributed by atoms with Crippen LogP contribution in [0.5, 0.6) is 0 Å². The molecule has 0 spiro atoms. The molecule has 1 aliphatic rings. The molecule has 1 aliphatic heterocycles. The summed E-state index contributed by atoms with van der Waals surface area (Å²) in [6.07, 6.45) is 1.26. The number of hydrogen-bond donors (Lipinski definition) is 1. The monoisotopic (exact) mass is 393 g/mol. The fourth-order valence-corrected chi connectivity index (χ4v) is 5.82. The Labute approximate surface area is 139 Å². The Bertz CT molecular complexity index is 579. The topological polar surface area (TPSA) is 57.6 Å². The number of hydrogen-bond acceptors (Lipinski definition) is 5. The van der Waals surface area contributed by atoms with Gasteiger partial charge in [-0.1, -0.05) is 28.1 Å². The van der Waals surface area contributed by atoms with Crippen molar-refractivity contribution in [2.24, 2.45) is 0 Å². The first-order chi connectivity index (χ1) is 9.88. The molecule has 1 heterocycles. The zero-order valence-corrected chi connectivity index (χ0v) is 15.1. The molecule has 0 amide bonds. The molecule has 1 N–H and O–H groups in total. The second-order valence-corrected chi connectivity index (χ2v) is 9.52. The van der Waals surface area contributed by atoms with Gasteiger partial charge in [-0.05, 0) is 24.1 Å². The Morgan fingerprint density at radius 3 is 2.95 bits per heavy atom.